The predicted molar refractivity (Wildman–Crippen MR) is 109 cm³/mol. The van der Waals surface area contributed by atoms with Crippen molar-refractivity contribution in [2.75, 3.05) is 32.7 Å². The first kappa shape index (κ1) is 19.3. The molecule has 2 aliphatic heterocycles. The summed E-state index contributed by atoms with van der Waals surface area (Å²) >= 11 is 0. The van der Waals surface area contributed by atoms with Crippen LogP contribution in [0.3, 0.4) is 0 Å². The lowest BCUT2D eigenvalue weighted by Gasteiger charge is -2.49. The molecule has 0 saturated carbocycles. The lowest BCUT2D eigenvalue weighted by atomic mass is 9.97. The van der Waals surface area contributed by atoms with Crippen LogP contribution in [0, 0.1) is 0 Å². The first-order valence-electron chi connectivity index (χ1n) is 10.7. The third-order valence-electron chi connectivity index (χ3n) is 6.41. The second kappa shape index (κ2) is 8.17. The molecule has 4 heterocycles. The second-order valence-corrected chi connectivity index (χ2v) is 8.20. The minimum Gasteiger partial charge on any atom is -0.335 e. The summed E-state index contributed by atoms with van der Waals surface area (Å²) in [5.41, 5.74) is 2.38. The molecule has 28 heavy (non-hydrogen) atoms. The molecule has 7 heteroatoms. The SMILES string of the molecule is CCN(CC)Cc1cnc2c(C(=O)N3CC(N4CCCC[C@H]4C)C3)cnn2c1. The van der Waals surface area contributed by atoms with Crippen molar-refractivity contribution in [1.82, 2.24) is 29.3 Å². The Kier molecular flexibility index (Phi) is 5.64. The van der Waals surface area contributed by atoms with Crippen LogP contribution in [0.2, 0.25) is 0 Å². The lowest BCUT2D eigenvalue weighted by molar-refractivity contribution is 0.00222. The van der Waals surface area contributed by atoms with Crippen molar-refractivity contribution < 1.29 is 4.79 Å². The van der Waals surface area contributed by atoms with Crippen LogP contribution in [-0.4, -0.2) is 80.0 Å². The Balaban J connectivity index is 1.42. The van der Waals surface area contributed by atoms with Gasteiger partial charge in [-0.2, -0.15) is 5.10 Å². The molecule has 1 amide bonds. The molecular formula is C21H32N6O. The lowest BCUT2D eigenvalue weighted by Crippen LogP contribution is -2.63. The van der Waals surface area contributed by atoms with Gasteiger partial charge < -0.3 is 4.90 Å². The number of carbonyl (C=O) groups is 1. The molecule has 2 aromatic heterocycles. The van der Waals surface area contributed by atoms with Crippen molar-refractivity contribution >= 4 is 11.6 Å². The maximum absolute atomic E-state index is 13.0. The van der Waals surface area contributed by atoms with Gasteiger partial charge >= 0.3 is 0 Å². The van der Waals surface area contributed by atoms with E-state index in [1.807, 2.05) is 17.3 Å². The zero-order chi connectivity index (χ0) is 19.7. The molecule has 7 nitrogen and oxygen atoms in total. The first-order valence-corrected chi connectivity index (χ1v) is 10.7. The maximum atomic E-state index is 13.0. The van der Waals surface area contributed by atoms with E-state index < -0.39 is 0 Å². The second-order valence-electron chi connectivity index (χ2n) is 8.20. The van der Waals surface area contributed by atoms with Crippen molar-refractivity contribution in [3.8, 4) is 0 Å². The van der Waals surface area contributed by atoms with Gasteiger partial charge in [0.05, 0.1) is 6.20 Å². The van der Waals surface area contributed by atoms with E-state index in [0.717, 1.165) is 38.3 Å². The summed E-state index contributed by atoms with van der Waals surface area (Å²) in [5, 5.41) is 4.40. The van der Waals surface area contributed by atoms with Crippen LogP contribution in [0.15, 0.2) is 18.6 Å². The van der Waals surface area contributed by atoms with Gasteiger partial charge in [0.15, 0.2) is 5.65 Å². The summed E-state index contributed by atoms with van der Waals surface area (Å²) in [7, 11) is 0. The molecule has 0 aliphatic carbocycles. The van der Waals surface area contributed by atoms with E-state index in [9.17, 15) is 4.79 Å². The van der Waals surface area contributed by atoms with Crippen LogP contribution < -0.4 is 0 Å². The quantitative estimate of drug-likeness (QED) is 0.765. The van der Waals surface area contributed by atoms with Crippen molar-refractivity contribution in [3.63, 3.8) is 0 Å². The van der Waals surface area contributed by atoms with Crippen LogP contribution in [0.1, 0.15) is 56.0 Å². The summed E-state index contributed by atoms with van der Waals surface area (Å²) < 4.78 is 1.75. The van der Waals surface area contributed by atoms with E-state index >= 15 is 0 Å². The summed E-state index contributed by atoms with van der Waals surface area (Å²) in [6, 6.07) is 1.15. The Morgan fingerprint density at radius 1 is 1.21 bits per heavy atom. The van der Waals surface area contributed by atoms with Crippen LogP contribution in [0.4, 0.5) is 0 Å². The molecule has 2 aliphatic rings. The number of piperidine rings is 1. The number of aromatic nitrogens is 3. The largest absolute Gasteiger partial charge is 0.335 e. The molecule has 0 N–H and O–H groups in total. The number of amides is 1. The Morgan fingerprint density at radius 3 is 2.71 bits per heavy atom. The van der Waals surface area contributed by atoms with E-state index in [-0.39, 0.29) is 5.91 Å². The van der Waals surface area contributed by atoms with Gasteiger partial charge in [0.1, 0.15) is 5.56 Å². The van der Waals surface area contributed by atoms with Crippen LogP contribution in [-0.2, 0) is 6.54 Å². The van der Waals surface area contributed by atoms with E-state index in [2.05, 4.69) is 40.7 Å². The fourth-order valence-corrected chi connectivity index (χ4v) is 4.52. The predicted octanol–water partition coefficient (Wildman–Crippen LogP) is 2.27. The molecule has 1 atom stereocenters. The fourth-order valence-electron chi connectivity index (χ4n) is 4.52. The van der Waals surface area contributed by atoms with E-state index in [0.29, 0.717) is 23.3 Å². The third kappa shape index (κ3) is 3.65. The van der Waals surface area contributed by atoms with Gasteiger partial charge in [-0.1, -0.05) is 20.3 Å². The molecule has 0 unspecified atom stereocenters. The molecule has 152 valence electrons. The van der Waals surface area contributed by atoms with Crippen LogP contribution in [0.25, 0.3) is 5.65 Å². The fraction of sp³-hybridized carbons (Fsp3) is 0.667. The number of likely N-dealkylation sites (tertiary alicyclic amines) is 2. The molecule has 4 rings (SSSR count). The van der Waals surface area contributed by atoms with E-state index in [1.54, 1.807) is 10.7 Å². The smallest absolute Gasteiger partial charge is 0.259 e. The highest BCUT2D eigenvalue weighted by molar-refractivity contribution is 6.00. The van der Waals surface area contributed by atoms with Crippen molar-refractivity contribution in [2.45, 2.75) is 58.7 Å². The van der Waals surface area contributed by atoms with Crippen LogP contribution >= 0.6 is 0 Å². The number of hydrogen-bond donors (Lipinski definition) is 0. The molecule has 0 radical (unpaired) electrons. The standard InChI is InChI=1S/C21H32N6O/c1-4-24(5-2)12-17-10-22-20-19(11-23-27(20)13-17)21(28)25-14-18(15-25)26-9-7-6-8-16(26)3/h10-11,13,16,18H,4-9,12,14-15H2,1-3H3/t16-/m1/s1. The average molecular weight is 385 g/mol. The average Bonchev–Trinajstić information content (AvgIpc) is 3.09. The minimum atomic E-state index is 0.0555. The highest BCUT2D eigenvalue weighted by atomic mass is 16.2. The number of hydrogen-bond acceptors (Lipinski definition) is 5. The molecular weight excluding hydrogens is 352 g/mol. The van der Waals surface area contributed by atoms with Crippen molar-refractivity contribution in [2.24, 2.45) is 0 Å². The van der Waals surface area contributed by atoms with Crippen molar-refractivity contribution in [3.05, 3.63) is 29.7 Å². The van der Waals surface area contributed by atoms with Crippen LogP contribution in [0.5, 0.6) is 0 Å². The minimum absolute atomic E-state index is 0.0555. The zero-order valence-electron chi connectivity index (χ0n) is 17.3. The molecule has 2 saturated heterocycles. The molecule has 2 fully saturated rings. The highest BCUT2D eigenvalue weighted by Crippen LogP contribution is 2.26. The number of nitrogens with zero attached hydrogens (tertiary/aromatic N) is 6. The Hall–Kier alpha value is -1.99. The Morgan fingerprint density at radius 2 is 2.00 bits per heavy atom. The van der Waals surface area contributed by atoms with Gasteiger partial charge in [0, 0.05) is 49.7 Å². The van der Waals surface area contributed by atoms with E-state index in [4.69, 9.17) is 0 Å². The topological polar surface area (TPSA) is 57.0 Å². The molecule has 0 aromatic carbocycles. The van der Waals surface area contributed by atoms with Gasteiger partial charge in [-0.05, 0) is 39.4 Å². The molecule has 2 aromatic rings. The summed E-state index contributed by atoms with van der Waals surface area (Å²) in [6.45, 7) is 12.3. The van der Waals surface area contributed by atoms with E-state index in [1.165, 1.54) is 25.8 Å². The number of rotatable bonds is 6. The van der Waals surface area contributed by atoms with Crippen molar-refractivity contribution in [1.29, 1.82) is 0 Å². The Bertz CT molecular complexity index is 823. The third-order valence-corrected chi connectivity index (χ3v) is 6.41. The first-order chi connectivity index (χ1) is 13.6. The van der Waals surface area contributed by atoms with Gasteiger partial charge in [-0.3, -0.25) is 14.6 Å². The Labute approximate surface area is 167 Å². The molecule has 0 bridgehead atoms. The number of fused-ring (bicyclic) bond motifs is 1. The number of carbonyl (C=O) groups excluding carboxylic acids is 1. The molecule has 0 spiro atoms. The maximum Gasteiger partial charge on any atom is 0.259 e. The van der Waals surface area contributed by atoms with Gasteiger partial charge in [-0.25, -0.2) is 9.50 Å². The normalized spacial score (nSPS) is 21.4. The van der Waals surface area contributed by atoms with Gasteiger partial charge in [0.2, 0.25) is 0 Å². The summed E-state index contributed by atoms with van der Waals surface area (Å²) in [5.74, 6) is 0.0555. The monoisotopic (exact) mass is 384 g/mol. The summed E-state index contributed by atoms with van der Waals surface area (Å²) in [4.78, 5) is 24.4. The summed E-state index contributed by atoms with van der Waals surface area (Å²) in [6.07, 6.45) is 9.42. The zero-order valence-corrected chi connectivity index (χ0v) is 17.3. The highest BCUT2D eigenvalue weighted by Gasteiger charge is 2.38. The van der Waals surface area contributed by atoms with Gasteiger partial charge in [0.25, 0.3) is 5.91 Å². The van der Waals surface area contributed by atoms with Gasteiger partial charge in [-0.15, -0.1) is 0 Å².